The van der Waals surface area contributed by atoms with E-state index in [0.29, 0.717) is 21.5 Å². The highest BCUT2D eigenvalue weighted by Crippen LogP contribution is 2.34. The molecule has 7 heteroatoms. The van der Waals surface area contributed by atoms with Gasteiger partial charge in [0.2, 0.25) is 0 Å². The number of amides is 1. The number of imidazole rings is 1. The zero-order chi connectivity index (χ0) is 21.4. The largest absolute Gasteiger partial charge is 0.380 e. The van der Waals surface area contributed by atoms with E-state index in [1.807, 2.05) is 59.2 Å². The molecule has 5 rings (SSSR count). The first-order chi connectivity index (χ1) is 15.2. The summed E-state index contributed by atoms with van der Waals surface area (Å²) >= 11 is 1.26. The van der Waals surface area contributed by atoms with Gasteiger partial charge in [0, 0.05) is 34.1 Å². The van der Waals surface area contributed by atoms with Crippen molar-refractivity contribution < 1.29 is 13.9 Å². The summed E-state index contributed by atoms with van der Waals surface area (Å²) in [6, 6.07) is 20.3. The summed E-state index contributed by atoms with van der Waals surface area (Å²) in [5.41, 5.74) is 4.09. The molecule has 0 aliphatic carbocycles. The second-order valence-electron chi connectivity index (χ2n) is 7.06. The molecule has 1 N–H and O–H groups in total. The molecule has 1 amide bonds. The number of benzene rings is 3. The van der Waals surface area contributed by atoms with E-state index in [1.54, 1.807) is 12.4 Å². The molecule has 5 aromatic rings. The summed E-state index contributed by atoms with van der Waals surface area (Å²) in [4.78, 5) is 17.8. The predicted molar refractivity (Wildman–Crippen MR) is 122 cm³/mol. The van der Waals surface area contributed by atoms with Crippen LogP contribution in [0, 0.1) is 5.82 Å². The second-order valence-corrected chi connectivity index (χ2v) is 8.11. The Labute approximate surface area is 181 Å². The lowest BCUT2D eigenvalue weighted by Gasteiger charge is -2.09. The van der Waals surface area contributed by atoms with Gasteiger partial charge in [-0.2, -0.15) is 0 Å². The third-order valence-corrected chi connectivity index (χ3v) is 6.31. The molecule has 0 radical (unpaired) electrons. The van der Waals surface area contributed by atoms with Gasteiger partial charge in [-0.1, -0.05) is 18.2 Å². The first-order valence-corrected chi connectivity index (χ1v) is 10.5. The van der Waals surface area contributed by atoms with Crippen molar-refractivity contribution in [2.45, 2.75) is 6.61 Å². The van der Waals surface area contributed by atoms with Crippen LogP contribution in [0.1, 0.15) is 15.2 Å². The Kier molecular flexibility index (Phi) is 4.97. The lowest BCUT2D eigenvalue weighted by molar-refractivity contribution is 0.102. The molecular weight excluding hydrogens is 413 g/mol. The topological polar surface area (TPSA) is 56.1 Å². The number of methoxy groups -OCH3 is 1. The summed E-state index contributed by atoms with van der Waals surface area (Å²) in [7, 11) is 1.53. The minimum atomic E-state index is -0.350. The van der Waals surface area contributed by atoms with E-state index in [0.717, 1.165) is 21.4 Å². The fraction of sp³-hybridized carbons (Fsp3) is 0.0833. The number of para-hydroxylation sites is 2. The van der Waals surface area contributed by atoms with Crippen molar-refractivity contribution in [1.82, 2.24) is 9.55 Å². The average Bonchev–Trinajstić information content (AvgIpc) is 3.37. The molecule has 0 saturated carbocycles. The third-order valence-electron chi connectivity index (χ3n) is 5.12. The Hall–Kier alpha value is -3.55. The molecule has 0 fully saturated rings. The van der Waals surface area contributed by atoms with Gasteiger partial charge in [0.25, 0.3) is 5.91 Å². The van der Waals surface area contributed by atoms with Crippen molar-refractivity contribution in [3.63, 3.8) is 0 Å². The van der Waals surface area contributed by atoms with Crippen LogP contribution in [0.15, 0.2) is 73.1 Å². The molecule has 2 aromatic heterocycles. The van der Waals surface area contributed by atoms with Gasteiger partial charge < -0.3 is 10.1 Å². The van der Waals surface area contributed by atoms with Gasteiger partial charge in [-0.15, -0.1) is 11.3 Å². The van der Waals surface area contributed by atoms with Gasteiger partial charge >= 0.3 is 0 Å². The highest BCUT2D eigenvalue weighted by Gasteiger charge is 2.21. The highest BCUT2D eigenvalue weighted by molar-refractivity contribution is 7.21. The Balaban J connectivity index is 1.43. The first kappa shape index (κ1) is 19.4. The smallest absolute Gasteiger partial charge is 0.266 e. The van der Waals surface area contributed by atoms with Gasteiger partial charge in [-0.25, -0.2) is 9.37 Å². The molecule has 0 spiro atoms. The van der Waals surface area contributed by atoms with Crippen molar-refractivity contribution in [3.8, 4) is 5.69 Å². The quantitative estimate of drug-likeness (QED) is 0.384. The van der Waals surface area contributed by atoms with E-state index in [9.17, 15) is 9.18 Å². The molecule has 0 saturated heterocycles. The lowest BCUT2D eigenvalue weighted by Crippen LogP contribution is -2.12. The van der Waals surface area contributed by atoms with Crippen LogP contribution < -0.4 is 5.32 Å². The third kappa shape index (κ3) is 3.48. The highest BCUT2D eigenvalue weighted by atomic mass is 32.1. The van der Waals surface area contributed by atoms with Crippen LogP contribution in [0.2, 0.25) is 0 Å². The monoisotopic (exact) mass is 431 g/mol. The van der Waals surface area contributed by atoms with Gasteiger partial charge in [0.1, 0.15) is 12.1 Å². The molecule has 0 unspecified atom stereocenters. The molecule has 0 aliphatic rings. The Bertz CT molecular complexity index is 1410. The number of fused-ring (bicyclic) bond motifs is 2. The number of aromatic nitrogens is 2. The van der Waals surface area contributed by atoms with Crippen molar-refractivity contribution in [3.05, 3.63) is 89.3 Å². The van der Waals surface area contributed by atoms with Gasteiger partial charge in [0.05, 0.1) is 22.5 Å². The zero-order valence-corrected chi connectivity index (χ0v) is 17.4. The van der Waals surface area contributed by atoms with Crippen molar-refractivity contribution in [2.24, 2.45) is 0 Å². The van der Waals surface area contributed by atoms with Crippen LogP contribution in [-0.2, 0) is 11.3 Å². The minimum Gasteiger partial charge on any atom is -0.380 e. The fourth-order valence-corrected chi connectivity index (χ4v) is 4.81. The van der Waals surface area contributed by atoms with Crippen molar-refractivity contribution in [1.29, 1.82) is 0 Å². The molecule has 3 aromatic carbocycles. The Morgan fingerprint density at radius 1 is 1.10 bits per heavy atom. The number of carbonyl (C=O) groups excluding carboxylic acids is 1. The molecule has 154 valence electrons. The lowest BCUT2D eigenvalue weighted by atomic mass is 10.1. The number of thiophene rings is 1. The van der Waals surface area contributed by atoms with Crippen LogP contribution >= 0.6 is 11.3 Å². The normalized spacial score (nSPS) is 11.3. The average molecular weight is 431 g/mol. The van der Waals surface area contributed by atoms with Gasteiger partial charge in [-0.05, 0) is 48.5 Å². The molecule has 2 heterocycles. The first-order valence-electron chi connectivity index (χ1n) is 9.68. The van der Waals surface area contributed by atoms with Crippen LogP contribution in [0.3, 0.4) is 0 Å². The van der Waals surface area contributed by atoms with Crippen molar-refractivity contribution in [2.75, 3.05) is 12.4 Å². The SMILES string of the molecule is COCc1c(C(=O)Nc2ccc(-n3cnc4ccccc43)cc2)sc2cccc(F)c12. The summed E-state index contributed by atoms with van der Waals surface area (Å²) in [5, 5.41) is 3.36. The maximum Gasteiger partial charge on any atom is 0.266 e. The second kappa shape index (κ2) is 7.94. The number of nitrogens with one attached hydrogen (secondary N) is 1. The van der Waals surface area contributed by atoms with Gasteiger partial charge in [0.15, 0.2) is 0 Å². The van der Waals surface area contributed by atoms with Crippen LogP contribution in [0.25, 0.3) is 26.8 Å². The number of anilines is 1. The summed E-state index contributed by atoms with van der Waals surface area (Å²) in [5.74, 6) is -0.634. The van der Waals surface area contributed by atoms with Gasteiger partial charge in [-0.3, -0.25) is 9.36 Å². The summed E-state index contributed by atoms with van der Waals surface area (Å²) < 4.78 is 22.3. The maximum atomic E-state index is 14.4. The maximum absolute atomic E-state index is 14.4. The number of halogens is 1. The fourth-order valence-electron chi connectivity index (χ4n) is 3.69. The standard InChI is InChI=1S/C24H18FN3O2S/c1-30-13-17-22-18(25)5-4-8-21(22)31-23(17)24(29)27-15-9-11-16(12-10-15)28-14-26-19-6-2-3-7-20(19)28/h2-12,14H,13H2,1H3,(H,27,29). The Morgan fingerprint density at radius 2 is 1.90 bits per heavy atom. The molecule has 5 nitrogen and oxygen atoms in total. The molecule has 0 aliphatic heterocycles. The van der Waals surface area contributed by atoms with E-state index in [1.165, 1.54) is 24.5 Å². The van der Waals surface area contributed by atoms with Crippen LogP contribution in [0.4, 0.5) is 10.1 Å². The molecular formula is C24H18FN3O2S. The van der Waals surface area contributed by atoms with E-state index >= 15 is 0 Å². The van der Waals surface area contributed by atoms with E-state index in [2.05, 4.69) is 10.3 Å². The zero-order valence-electron chi connectivity index (χ0n) is 16.6. The summed E-state index contributed by atoms with van der Waals surface area (Å²) in [6.45, 7) is 0.163. The predicted octanol–water partition coefficient (Wildman–Crippen LogP) is 5.78. The molecule has 31 heavy (non-hydrogen) atoms. The van der Waals surface area contributed by atoms with Crippen LogP contribution in [-0.4, -0.2) is 22.6 Å². The number of rotatable bonds is 5. The minimum absolute atomic E-state index is 0.163. The number of nitrogens with zero attached hydrogens (tertiary/aromatic N) is 2. The van der Waals surface area contributed by atoms with E-state index < -0.39 is 0 Å². The molecule has 0 bridgehead atoms. The Morgan fingerprint density at radius 3 is 2.71 bits per heavy atom. The van der Waals surface area contributed by atoms with E-state index in [4.69, 9.17) is 4.74 Å². The molecule has 0 atom stereocenters. The summed E-state index contributed by atoms with van der Waals surface area (Å²) in [6.07, 6.45) is 1.78. The van der Waals surface area contributed by atoms with E-state index in [-0.39, 0.29) is 18.3 Å². The van der Waals surface area contributed by atoms with Crippen LogP contribution in [0.5, 0.6) is 0 Å². The van der Waals surface area contributed by atoms with Crippen molar-refractivity contribution >= 4 is 44.1 Å². The number of carbonyl (C=O) groups is 1. The number of hydrogen-bond donors (Lipinski definition) is 1. The number of hydrogen-bond acceptors (Lipinski definition) is 4. The number of ether oxygens (including phenoxy) is 1.